The van der Waals surface area contributed by atoms with E-state index in [1.54, 1.807) is 12.1 Å². The summed E-state index contributed by atoms with van der Waals surface area (Å²) in [5.41, 5.74) is 3.30. The zero-order chi connectivity index (χ0) is 23.5. The number of aryl methyl sites for hydroxylation is 1. The highest BCUT2D eigenvalue weighted by atomic mass is 16.6. The van der Waals surface area contributed by atoms with E-state index in [0.717, 1.165) is 57.3 Å². The first-order chi connectivity index (χ1) is 16.6. The molecule has 34 heavy (non-hydrogen) atoms. The van der Waals surface area contributed by atoms with Gasteiger partial charge in [0.2, 0.25) is 0 Å². The van der Waals surface area contributed by atoms with Crippen LogP contribution >= 0.6 is 0 Å². The highest BCUT2D eigenvalue weighted by molar-refractivity contribution is 5.88. The molecule has 2 atom stereocenters. The van der Waals surface area contributed by atoms with Gasteiger partial charge in [-0.1, -0.05) is 49.6 Å². The number of rotatable bonds is 6. The molecule has 2 heterocycles. The molecule has 0 amide bonds. The molecule has 0 aromatic heterocycles. The molecular formula is C27H34N4O3. The van der Waals surface area contributed by atoms with Gasteiger partial charge in [0, 0.05) is 49.9 Å². The lowest BCUT2D eigenvalue weighted by molar-refractivity contribution is -0.384. The van der Waals surface area contributed by atoms with Gasteiger partial charge in [-0.2, -0.15) is 0 Å². The minimum atomic E-state index is -0.305. The topological polar surface area (TPSA) is 78.7 Å². The smallest absolute Gasteiger partial charge is 0.292 e. The molecule has 1 saturated carbocycles. The van der Waals surface area contributed by atoms with E-state index in [0.29, 0.717) is 24.6 Å². The predicted molar refractivity (Wildman–Crippen MR) is 134 cm³/mol. The first-order valence-corrected chi connectivity index (χ1v) is 12.7. The summed E-state index contributed by atoms with van der Waals surface area (Å²) < 4.78 is 0. The second-order valence-electron chi connectivity index (χ2n) is 9.90. The Morgan fingerprint density at radius 2 is 1.65 bits per heavy atom. The Bertz CT molecular complexity index is 1030. The van der Waals surface area contributed by atoms with Crippen molar-refractivity contribution in [2.75, 3.05) is 36.4 Å². The molecule has 0 spiro atoms. The van der Waals surface area contributed by atoms with E-state index < -0.39 is 0 Å². The van der Waals surface area contributed by atoms with Crippen LogP contribution in [0.25, 0.3) is 0 Å². The number of Topliss-reactive ketones (excluding diaryl/α,β-unsaturated/α-hetero) is 1. The summed E-state index contributed by atoms with van der Waals surface area (Å²) in [4.78, 5) is 29.6. The highest BCUT2D eigenvalue weighted by Crippen LogP contribution is 2.33. The van der Waals surface area contributed by atoms with Crippen molar-refractivity contribution >= 4 is 22.8 Å². The van der Waals surface area contributed by atoms with Gasteiger partial charge < -0.3 is 10.2 Å². The number of para-hydroxylation sites is 3. The summed E-state index contributed by atoms with van der Waals surface area (Å²) >= 11 is 0. The summed E-state index contributed by atoms with van der Waals surface area (Å²) in [6.45, 7) is 2.83. The number of anilines is 2. The minimum absolute atomic E-state index is 0.0990. The third-order valence-electron chi connectivity index (χ3n) is 7.89. The molecule has 180 valence electrons. The first kappa shape index (κ1) is 22.8. The Morgan fingerprint density at radius 1 is 0.941 bits per heavy atom. The minimum Gasteiger partial charge on any atom is -0.380 e. The van der Waals surface area contributed by atoms with Crippen LogP contribution < -0.4 is 10.2 Å². The third kappa shape index (κ3) is 4.67. The maximum atomic E-state index is 13.9. The van der Waals surface area contributed by atoms with Gasteiger partial charge in [0.05, 0.1) is 11.0 Å². The normalized spacial score (nSPS) is 22.5. The second kappa shape index (κ2) is 10.1. The molecule has 0 bridgehead atoms. The van der Waals surface area contributed by atoms with Gasteiger partial charge in [-0.25, -0.2) is 0 Å². The van der Waals surface area contributed by atoms with E-state index in [-0.39, 0.29) is 28.6 Å². The molecule has 1 aliphatic carbocycles. The van der Waals surface area contributed by atoms with E-state index in [1.807, 2.05) is 12.1 Å². The Labute approximate surface area is 201 Å². The lowest BCUT2D eigenvalue weighted by Gasteiger charge is -2.44. The van der Waals surface area contributed by atoms with Crippen LogP contribution in [0, 0.1) is 16.0 Å². The average Bonchev–Trinajstić information content (AvgIpc) is 2.89. The van der Waals surface area contributed by atoms with Crippen molar-refractivity contribution in [1.29, 1.82) is 0 Å². The third-order valence-corrected chi connectivity index (χ3v) is 7.89. The van der Waals surface area contributed by atoms with E-state index in [2.05, 4.69) is 39.4 Å². The summed E-state index contributed by atoms with van der Waals surface area (Å²) in [7, 11) is 0. The summed E-state index contributed by atoms with van der Waals surface area (Å²) in [5.74, 6) is 0.557. The number of hydrogen-bond donors (Lipinski definition) is 1. The van der Waals surface area contributed by atoms with Crippen LogP contribution in [-0.2, 0) is 11.2 Å². The summed E-state index contributed by atoms with van der Waals surface area (Å²) in [5, 5.41) is 15.2. The molecule has 2 aromatic carbocycles. The van der Waals surface area contributed by atoms with Gasteiger partial charge >= 0.3 is 0 Å². The average molecular weight is 463 g/mol. The number of ketones is 1. The summed E-state index contributed by atoms with van der Waals surface area (Å²) in [6, 6.07) is 15.3. The first-order valence-electron chi connectivity index (χ1n) is 12.7. The Kier molecular flexibility index (Phi) is 6.81. The van der Waals surface area contributed by atoms with Gasteiger partial charge in [-0.05, 0) is 43.4 Å². The van der Waals surface area contributed by atoms with E-state index in [1.165, 1.54) is 12.0 Å². The number of nitro benzene ring substituents is 1. The molecule has 1 saturated heterocycles. The molecular weight excluding hydrogens is 428 g/mol. The van der Waals surface area contributed by atoms with Crippen LogP contribution in [-0.4, -0.2) is 53.9 Å². The molecule has 2 aromatic rings. The standard InChI is InChI=1S/C27H34N4O3/c32-27(21-9-2-1-3-10-21)26(23-15-14-20-8-4-5-11-22(20)28-23)30-18-16-29(17-19-30)24-12-6-7-13-25(24)31(33)34/h4-8,11-13,21,23,26,28H,1-3,9-10,14-19H2. The fourth-order valence-corrected chi connectivity index (χ4v) is 6.09. The van der Waals surface area contributed by atoms with Crippen LogP contribution in [0.1, 0.15) is 44.1 Å². The summed E-state index contributed by atoms with van der Waals surface area (Å²) in [6.07, 6.45) is 7.48. The Hall–Kier alpha value is -2.93. The Morgan fingerprint density at radius 3 is 2.41 bits per heavy atom. The number of benzene rings is 2. The maximum Gasteiger partial charge on any atom is 0.292 e. The number of nitrogens with one attached hydrogen (secondary N) is 1. The van der Waals surface area contributed by atoms with Crippen molar-refractivity contribution in [2.45, 2.75) is 57.0 Å². The van der Waals surface area contributed by atoms with Crippen LogP contribution in [0.5, 0.6) is 0 Å². The number of nitrogens with zero attached hydrogens (tertiary/aromatic N) is 3. The SMILES string of the molecule is O=C(C1CCCCC1)C(C1CCc2ccccc2N1)N1CCN(c2ccccc2[N+](=O)[O-])CC1. The Balaban J connectivity index is 1.35. The molecule has 2 aliphatic heterocycles. The number of hydrogen-bond acceptors (Lipinski definition) is 6. The predicted octanol–water partition coefficient (Wildman–Crippen LogP) is 4.66. The molecule has 2 fully saturated rings. The quantitative estimate of drug-likeness (QED) is 0.497. The fourth-order valence-electron chi connectivity index (χ4n) is 6.09. The van der Waals surface area contributed by atoms with Crippen molar-refractivity contribution in [3.05, 3.63) is 64.2 Å². The van der Waals surface area contributed by atoms with Gasteiger partial charge in [0.25, 0.3) is 5.69 Å². The highest BCUT2D eigenvalue weighted by Gasteiger charge is 2.40. The number of carbonyl (C=O) groups is 1. The molecule has 2 unspecified atom stereocenters. The molecule has 5 rings (SSSR count). The molecule has 7 heteroatoms. The van der Waals surface area contributed by atoms with Gasteiger partial charge in [-0.15, -0.1) is 0 Å². The van der Waals surface area contributed by atoms with Crippen molar-refractivity contribution < 1.29 is 9.72 Å². The van der Waals surface area contributed by atoms with Crippen LogP contribution in [0.15, 0.2) is 48.5 Å². The zero-order valence-electron chi connectivity index (χ0n) is 19.7. The van der Waals surface area contributed by atoms with Crippen LogP contribution in [0.2, 0.25) is 0 Å². The van der Waals surface area contributed by atoms with Crippen molar-refractivity contribution in [3.8, 4) is 0 Å². The molecule has 0 radical (unpaired) electrons. The van der Waals surface area contributed by atoms with Gasteiger partial charge in [0.15, 0.2) is 5.78 Å². The van der Waals surface area contributed by atoms with E-state index in [4.69, 9.17) is 0 Å². The monoisotopic (exact) mass is 462 g/mol. The number of nitro groups is 1. The van der Waals surface area contributed by atoms with E-state index in [9.17, 15) is 14.9 Å². The van der Waals surface area contributed by atoms with Crippen molar-refractivity contribution in [1.82, 2.24) is 4.90 Å². The lowest BCUT2D eigenvalue weighted by atomic mass is 9.80. The van der Waals surface area contributed by atoms with Crippen molar-refractivity contribution in [2.24, 2.45) is 5.92 Å². The second-order valence-corrected chi connectivity index (χ2v) is 9.90. The molecule has 7 nitrogen and oxygen atoms in total. The fraction of sp³-hybridized carbons (Fsp3) is 0.519. The molecule has 3 aliphatic rings. The van der Waals surface area contributed by atoms with E-state index >= 15 is 0 Å². The molecule has 1 N–H and O–H groups in total. The van der Waals surface area contributed by atoms with Gasteiger partial charge in [0.1, 0.15) is 5.69 Å². The van der Waals surface area contributed by atoms with Crippen LogP contribution in [0.3, 0.4) is 0 Å². The maximum absolute atomic E-state index is 13.9. The van der Waals surface area contributed by atoms with Crippen molar-refractivity contribution in [3.63, 3.8) is 0 Å². The van der Waals surface area contributed by atoms with Crippen LogP contribution in [0.4, 0.5) is 17.1 Å². The zero-order valence-corrected chi connectivity index (χ0v) is 19.7. The number of fused-ring (bicyclic) bond motifs is 1. The lowest BCUT2D eigenvalue weighted by Crippen LogP contribution is -2.60. The number of carbonyl (C=O) groups excluding carboxylic acids is 1. The van der Waals surface area contributed by atoms with Gasteiger partial charge in [-0.3, -0.25) is 19.8 Å². The number of piperazine rings is 1. The largest absolute Gasteiger partial charge is 0.380 e.